The van der Waals surface area contributed by atoms with Crippen LogP contribution in [0.1, 0.15) is 0 Å². The van der Waals surface area contributed by atoms with E-state index in [2.05, 4.69) is 144 Å². The van der Waals surface area contributed by atoms with Gasteiger partial charge >= 0.3 is 0 Å². The largest absolute Gasteiger partial charge is 0.309 e. The molecule has 238 valence electrons. The summed E-state index contributed by atoms with van der Waals surface area (Å²) in [7, 11) is 0. The van der Waals surface area contributed by atoms with E-state index in [9.17, 15) is 0 Å². The predicted octanol–water partition coefficient (Wildman–Crippen LogP) is 12.7. The molecule has 0 aliphatic heterocycles. The number of nitrogens with zero attached hydrogens (tertiary/aromatic N) is 4. The lowest BCUT2D eigenvalue weighted by atomic mass is 10.1. The highest BCUT2D eigenvalue weighted by molar-refractivity contribution is 7.27. The molecule has 0 bridgehead atoms. The Kier molecular flexibility index (Phi) is 6.26. The third-order valence-corrected chi connectivity index (χ3v) is 12.2. The number of para-hydroxylation sites is 1. The minimum Gasteiger partial charge on any atom is -0.309 e. The molecule has 0 N–H and O–H groups in total. The van der Waals surface area contributed by atoms with Crippen molar-refractivity contribution in [2.75, 3.05) is 0 Å². The fourth-order valence-electron chi connectivity index (χ4n) is 7.51. The van der Waals surface area contributed by atoms with E-state index < -0.39 is 0 Å². The second-order valence-electron chi connectivity index (χ2n) is 12.8. The summed E-state index contributed by atoms with van der Waals surface area (Å²) in [4.78, 5) is 15.3. The zero-order chi connectivity index (χ0) is 33.5. The SMILES string of the molecule is c1ccc(-c2nc(-c3cccc(-n4c5ccccc5c5c6sc7ccccc7c6ccc54)c3)nc(-c3ccc4sc5ccccc5c4c3)n2)cc1. The standard InChI is InChI=1S/C45H26N4S2/c1-2-11-27(12-3-1)43-46-44(48-45(47-43)29-21-24-40-35(26-29)32-16-6-8-19-38(32)50-40)28-13-10-14-30(25-28)49-36-18-7-4-17-34(36)41-37(49)23-22-33-31-15-5-9-20-39(31)51-42(33)41/h1-26H. The Balaban J connectivity index is 1.12. The number of hydrogen-bond acceptors (Lipinski definition) is 5. The van der Waals surface area contributed by atoms with Gasteiger partial charge in [0, 0.05) is 73.5 Å². The molecule has 0 saturated heterocycles. The lowest BCUT2D eigenvalue weighted by molar-refractivity contribution is 1.07. The Bertz CT molecular complexity index is 3150. The van der Waals surface area contributed by atoms with Crippen molar-refractivity contribution in [3.63, 3.8) is 0 Å². The minimum absolute atomic E-state index is 0.642. The number of hydrogen-bond donors (Lipinski definition) is 0. The van der Waals surface area contributed by atoms with Crippen molar-refractivity contribution in [3.8, 4) is 39.9 Å². The minimum atomic E-state index is 0.642. The summed E-state index contributed by atoms with van der Waals surface area (Å²) in [5, 5.41) is 7.63. The van der Waals surface area contributed by atoms with Gasteiger partial charge < -0.3 is 4.57 Å². The zero-order valence-electron chi connectivity index (χ0n) is 27.1. The van der Waals surface area contributed by atoms with Crippen LogP contribution in [0.25, 0.3) is 102 Å². The quantitative estimate of drug-likeness (QED) is 0.185. The van der Waals surface area contributed by atoms with Crippen molar-refractivity contribution < 1.29 is 0 Å². The fraction of sp³-hybridized carbons (Fsp3) is 0. The van der Waals surface area contributed by atoms with Crippen LogP contribution in [0.3, 0.4) is 0 Å². The molecule has 7 aromatic carbocycles. The second-order valence-corrected chi connectivity index (χ2v) is 15.0. The normalized spacial score (nSPS) is 11.9. The number of thiophene rings is 2. The molecule has 4 nitrogen and oxygen atoms in total. The summed E-state index contributed by atoms with van der Waals surface area (Å²) in [6.45, 7) is 0. The topological polar surface area (TPSA) is 43.6 Å². The van der Waals surface area contributed by atoms with Crippen LogP contribution in [0.15, 0.2) is 158 Å². The number of aromatic nitrogens is 4. The Labute approximate surface area is 300 Å². The van der Waals surface area contributed by atoms with Crippen LogP contribution in [-0.4, -0.2) is 19.5 Å². The smallest absolute Gasteiger partial charge is 0.164 e. The van der Waals surface area contributed by atoms with Gasteiger partial charge in [0.2, 0.25) is 0 Å². The number of rotatable bonds is 4. The fourth-order valence-corrected chi connectivity index (χ4v) is 9.86. The van der Waals surface area contributed by atoms with Crippen LogP contribution in [0.2, 0.25) is 0 Å². The molecule has 0 atom stereocenters. The van der Waals surface area contributed by atoms with Gasteiger partial charge in [0.15, 0.2) is 17.5 Å². The van der Waals surface area contributed by atoms with Gasteiger partial charge in [0.25, 0.3) is 0 Å². The van der Waals surface area contributed by atoms with Crippen molar-refractivity contribution in [2.45, 2.75) is 0 Å². The van der Waals surface area contributed by atoms with Crippen molar-refractivity contribution in [2.24, 2.45) is 0 Å². The highest BCUT2D eigenvalue weighted by Crippen LogP contribution is 2.43. The van der Waals surface area contributed by atoms with E-state index in [1.54, 1.807) is 0 Å². The summed E-state index contributed by atoms with van der Waals surface area (Å²) in [5.41, 5.74) is 6.28. The van der Waals surface area contributed by atoms with Gasteiger partial charge in [-0.25, -0.2) is 15.0 Å². The van der Waals surface area contributed by atoms with Crippen molar-refractivity contribution in [1.82, 2.24) is 19.5 Å². The molecule has 11 aromatic rings. The highest BCUT2D eigenvalue weighted by Gasteiger charge is 2.19. The van der Waals surface area contributed by atoms with Crippen molar-refractivity contribution in [3.05, 3.63) is 158 Å². The monoisotopic (exact) mass is 686 g/mol. The lowest BCUT2D eigenvalue weighted by Gasteiger charge is -2.11. The molecule has 4 heterocycles. The predicted molar refractivity (Wildman–Crippen MR) is 216 cm³/mol. The van der Waals surface area contributed by atoms with E-state index in [4.69, 9.17) is 15.0 Å². The molecule has 0 aliphatic carbocycles. The van der Waals surface area contributed by atoms with Gasteiger partial charge in [-0.1, -0.05) is 103 Å². The Hall–Kier alpha value is -6.21. The lowest BCUT2D eigenvalue weighted by Crippen LogP contribution is -2.01. The van der Waals surface area contributed by atoms with Gasteiger partial charge in [-0.15, -0.1) is 22.7 Å². The zero-order valence-corrected chi connectivity index (χ0v) is 28.7. The summed E-state index contributed by atoms with van der Waals surface area (Å²) in [6.07, 6.45) is 0. The molecule has 4 aromatic heterocycles. The molecule has 0 fully saturated rings. The van der Waals surface area contributed by atoms with Gasteiger partial charge in [-0.2, -0.15) is 0 Å². The van der Waals surface area contributed by atoms with Gasteiger partial charge in [0.1, 0.15) is 0 Å². The first-order chi connectivity index (χ1) is 25.3. The highest BCUT2D eigenvalue weighted by atomic mass is 32.1. The maximum Gasteiger partial charge on any atom is 0.164 e. The molecule has 6 heteroatoms. The van der Waals surface area contributed by atoms with Gasteiger partial charge in [-0.3, -0.25) is 0 Å². The van der Waals surface area contributed by atoms with Gasteiger partial charge in [-0.05, 0) is 54.6 Å². The molecular formula is C45H26N4S2. The number of benzene rings is 7. The molecule has 0 unspecified atom stereocenters. The first-order valence-electron chi connectivity index (χ1n) is 16.9. The third-order valence-electron chi connectivity index (χ3n) is 9.85. The number of fused-ring (bicyclic) bond motifs is 10. The van der Waals surface area contributed by atoms with Crippen molar-refractivity contribution in [1.29, 1.82) is 0 Å². The summed E-state index contributed by atoms with van der Waals surface area (Å²) >= 11 is 3.69. The summed E-state index contributed by atoms with van der Waals surface area (Å²) in [5.74, 6) is 1.95. The maximum atomic E-state index is 5.16. The van der Waals surface area contributed by atoms with Gasteiger partial charge in [0.05, 0.1) is 11.0 Å². The molecule has 0 aliphatic rings. The molecule has 51 heavy (non-hydrogen) atoms. The molecule has 0 saturated carbocycles. The van der Waals surface area contributed by atoms with Crippen molar-refractivity contribution >= 4 is 84.8 Å². The van der Waals surface area contributed by atoms with E-state index in [-0.39, 0.29) is 0 Å². The molecule has 0 amide bonds. The van der Waals surface area contributed by atoms with E-state index in [1.807, 2.05) is 40.9 Å². The van der Waals surface area contributed by atoms with Crippen LogP contribution < -0.4 is 0 Å². The Morgan fingerprint density at radius 3 is 1.78 bits per heavy atom. The summed E-state index contributed by atoms with van der Waals surface area (Å²) < 4.78 is 7.55. The van der Waals surface area contributed by atoms with Crippen LogP contribution in [0.4, 0.5) is 0 Å². The molecule has 0 spiro atoms. The molecule has 0 radical (unpaired) electrons. The molecular weight excluding hydrogens is 661 g/mol. The average molecular weight is 687 g/mol. The van der Waals surface area contributed by atoms with Crippen LogP contribution in [-0.2, 0) is 0 Å². The maximum absolute atomic E-state index is 5.16. The first kappa shape index (κ1) is 28.6. The van der Waals surface area contributed by atoms with Crippen LogP contribution >= 0.6 is 22.7 Å². The summed E-state index contributed by atoms with van der Waals surface area (Å²) in [6, 6.07) is 55.9. The van der Waals surface area contributed by atoms with E-state index in [1.165, 1.54) is 62.2 Å². The van der Waals surface area contributed by atoms with Crippen LogP contribution in [0.5, 0.6) is 0 Å². The average Bonchev–Trinajstić information content (AvgIpc) is 3.87. The Morgan fingerprint density at radius 2 is 0.980 bits per heavy atom. The van der Waals surface area contributed by atoms with E-state index in [0.29, 0.717) is 17.5 Å². The molecule has 11 rings (SSSR count). The van der Waals surface area contributed by atoms with E-state index in [0.717, 1.165) is 22.4 Å². The second kappa shape index (κ2) is 11.2. The van der Waals surface area contributed by atoms with E-state index >= 15 is 0 Å². The van der Waals surface area contributed by atoms with Crippen LogP contribution in [0, 0.1) is 0 Å². The Morgan fingerprint density at radius 1 is 0.373 bits per heavy atom. The first-order valence-corrected chi connectivity index (χ1v) is 18.6. The third kappa shape index (κ3) is 4.47.